The zero-order chi connectivity index (χ0) is 15.9. The van der Waals surface area contributed by atoms with Crippen LogP contribution in [0.3, 0.4) is 0 Å². The maximum Gasteiger partial charge on any atom is 0.324 e. The molecule has 0 unspecified atom stereocenters. The molecule has 0 fully saturated rings. The van der Waals surface area contributed by atoms with Gasteiger partial charge in [-0.05, 0) is 44.5 Å². The highest BCUT2D eigenvalue weighted by molar-refractivity contribution is 5.91. The number of hydrogen-bond donors (Lipinski definition) is 1. The summed E-state index contributed by atoms with van der Waals surface area (Å²) in [7, 11) is 0. The first-order chi connectivity index (χ1) is 10.6. The number of hydrogen-bond acceptors (Lipinski definition) is 2. The molecule has 2 rings (SSSR count). The second-order valence-electron chi connectivity index (χ2n) is 5.12. The summed E-state index contributed by atoms with van der Waals surface area (Å²) in [6.45, 7) is 6.72. The number of anilines is 1. The maximum atomic E-state index is 12.2. The largest absolute Gasteiger partial charge is 0.473 e. The van der Waals surface area contributed by atoms with Crippen molar-refractivity contribution in [3.8, 4) is 5.75 Å². The van der Waals surface area contributed by atoms with E-state index < -0.39 is 0 Å². The van der Waals surface area contributed by atoms with Gasteiger partial charge in [-0.1, -0.05) is 35.9 Å². The molecule has 0 aliphatic rings. The molecule has 4 heteroatoms. The minimum Gasteiger partial charge on any atom is -0.473 e. The van der Waals surface area contributed by atoms with Gasteiger partial charge in [-0.25, -0.2) is 4.79 Å². The molecule has 22 heavy (non-hydrogen) atoms. The van der Waals surface area contributed by atoms with Crippen molar-refractivity contribution < 1.29 is 9.53 Å². The number of benzene rings is 2. The summed E-state index contributed by atoms with van der Waals surface area (Å²) in [6, 6.07) is 15.4. The number of urea groups is 1. The van der Waals surface area contributed by atoms with Gasteiger partial charge >= 0.3 is 6.03 Å². The first-order valence-corrected chi connectivity index (χ1v) is 7.42. The van der Waals surface area contributed by atoms with E-state index in [1.54, 1.807) is 4.90 Å². The number of aryl methyl sites for hydroxylation is 2. The molecule has 0 atom stereocenters. The van der Waals surface area contributed by atoms with Gasteiger partial charge in [0.15, 0.2) is 6.73 Å². The highest BCUT2D eigenvalue weighted by Gasteiger charge is 2.12. The van der Waals surface area contributed by atoms with Gasteiger partial charge in [-0.3, -0.25) is 4.90 Å². The Kier molecular flexibility index (Phi) is 5.42. The number of ether oxygens (including phenoxy) is 1. The molecule has 2 aromatic carbocycles. The van der Waals surface area contributed by atoms with Crippen LogP contribution in [0.1, 0.15) is 18.1 Å². The number of amides is 2. The van der Waals surface area contributed by atoms with Gasteiger partial charge in [0.25, 0.3) is 0 Å². The minimum atomic E-state index is -0.168. The van der Waals surface area contributed by atoms with Crippen LogP contribution in [0.2, 0.25) is 0 Å². The van der Waals surface area contributed by atoms with Gasteiger partial charge in [-0.15, -0.1) is 0 Å². The van der Waals surface area contributed by atoms with Crippen LogP contribution >= 0.6 is 0 Å². The molecule has 4 nitrogen and oxygen atoms in total. The monoisotopic (exact) mass is 298 g/mol. The molecule has 0 heterocycles. The minimum absolute atomic E-state index is 0.145. The van der Waals surface area contributed by atoms with Crippen LogP contribution in [0.4, 0.5) is 10.5 Å². The lowest BCUT2D eigenvalue weighted by molar-refractivity contribution is 0.229. The van der Waals surface area contributed by atoms with E-state index in [4.69, 9.17) is 4.74 Å². The molecule has 0 aromatic heterocycles. The van der Waals surface area contributed by atoms with Gasteiger partial charge in [0.05, 0.1) is 0 Å². The second-order valence-corrected chi connectivity index (χ2v) is 5.12. The second kappa shape index (κ2) is 7.50. The predicted octanol–water partition coefficient (Wildman–Crippen LogP) is 3.88. The van der Waals surface area contributed by atoms with Crippen molar-refractivity contribution in [3.05, 3.63) is 59.7 Å². The highest BCUT2D eigenvalue weighted by atomic mass is 16.5. The van der Waals surface area contributed by atoms with Crippen molar-refractivity contribution >= 4 is 11.7 Å². The summed E-state index contributed by atoms with van der Waals surface area (Å²) >= 11 is 0. The Morgan fingerprint density at radius 2 is 1.86 bits per heavy atom. The van der Waals surface area contributed by atoms with E-state index in [9.17, 15) is 4.79 Å². The van der Waals surface area contributed by atoms with Crippen molar-refractivity contribution in [2.75, 3.05) is 18.2 Å². The number of rotatable bonds is 5. The van der Waals surface area contributed by atoms with Gasteiger partial charge < -0.3 is 10.1 Å². The van der Waals surface area contributed by atoms with Gasteiger partial charge in [0, 0.05) is 12.2 Å². The van der Waals surface area contributed by atoms with E-state index in [2.05, 4.69) is 11.4 Å². The summed E-state index contributed by atoms with van der Waals surface area (Å²) in [5.74, 6) is 0.786. The lowest BCUT2D eigenvalue weighted by atomic mass is 10.1. The van der Waals surface area contributed by atoms with Crippen LogP contribution in [0.5, 0.6) is 5.75 Å². The molecule has 2 amide bonds. The molecule has 0 spiro atoms. The van der Waals surface area contributed by atoms with Crippen LogP contribution in [-0.4, -0.2) is 19.3 Å². The van der Waals surface area contributed by atoms with E-state index >= 15 is 0 Å². The Morgan fingerprint density at radius 3 is 2.50 bits per heavy atom. The summed E-state index contributed by atoms with van der Waals surface area (Å²) in [5, 5.41) is 2.79. The van der Waals surface area contributed by atoms with E-state index in [-0.39, 0.29) is 12.8 Å². The fourth-order valence-corrected chi connectivity index (χ4v) is 2.28. The maximum absolute atomic E-state index is 12.2. The number of nitrogens with zero attached hydrogens (tertiary/aromatic N) is 1. The molecule has 0 bridgehead atoms. The normalized spacial score (nSPS) is 10.1. The topological polar surface area (TPSA) is 41.6 Å². The lowest BCUT2D eigenvalue weighted by Gasteiger charge is -2.21. The zero-order valence-electron chi connectivity index (χ0n) is 13.3. The Balaban J connectivity index is 1.92. The molecule has 1 N–H and O–H groups in total. The van der Waals surface area contributed by atoms with Crippen LogP contribution < -0.4 is 15.0 Å². The Labute approximate surface area is 131 Å². The molecule has 0 radical (unpaired) electrons. The average Bonchev–Trinajstić information content (AvgIpc) is 2.51. The number of carbonyl (C=O) groups excluding carboxylic acids is 1. The fraction of sp³-hybridized carbons (Fsp3) is 0.278. The number of para-hydroxylation sites is 1. The fourth-order valence-electron chi connectivity index (χ4n) is 2.28. The van der Waals surface area contributed by atoms with Crippen molar-refractivity contribution in [2.45, 2.75) is 20.8 Å². The first-order valence-electron chi connectivity index (χ1n) is 7.42. The van der Waals surface area contributed by atoms with Gasteiger partial charge in [-0.2, -0.15) is 0 Å². The van der Waals surface area contributed by atoms with Crippen LogP contribution in [0.25, 0.3) is 0 Å². The van der Waals surface area contributed by atoms with Crippen molar-refractivity contribution in [3.63, 3.8) is 0 Å². The summed E-state index contributed by atoms with van der Waals surface area (Å²) < 4.78 is 5.63. The predicted molar refractivity (Wildman–Crippen MR) is 89.4 cm³/mol. The molecular weight excluding hydrogens is 276 g/mol. The quantitative estimate of drug-likeness (QED) is 0.851. The molecule has 0 aliphatic heterocycles. The lowest BCUT2D eigenvalue weighted by Crippen LogP contribution is -2.41. The SMILES string of the molecule is CCN(C(=O)NCOc1ccc(C)cc1C)c1ccccc1. The zero-order valence-corrected chi connectivity index (χ0v) is 13.3. The third-order valence-electron chi connectivity index (χ3n) is 3.41. The van der Waals surface area contributed by atoms with Crippen LogP contribution in [-0.2, 0) is 0 Å². The molecule has 0 saturated heterocycles. The standard InChI is InChI=1S/C18H22N2O2/c1-4-20(16-8-6-5-7-9-16)18(21)19-13-22-17-11-10-14(2)12-15(17)3/h5-12H,4,13H2,1-3H3,(H,19,21). The molecule has 116 valence electrons. The van der Waals surface area contributed by atoms with E-state index in [0.29, 0.717) is 6.54 Å². The van der Waals surface area contributed by atoms with Crippen molar-refractivity contribution in [2.24, 2.45) is 0 Å². The molecule has 0 saturated carbocycles. The summed E-state index contributed by atoms with van der Waals surface area (Å²) in [4.78, 5) is 13.9. The Morgan fingerprint density at radius 1 is 1.14 bits per heavy atom. The van der Waals surface area contributed by atoms with Gasteiger partial charge in [0.1, 0.15) is 5.75 Å². The molecule has 0 aliphatic carbocycles. The van der Waals surface area contributed by atoms with Crippen molar-refractivity contribution in [1.82, 2.24) is 5.32 Å². The Bertz CT molecular complexity index is 626. The highest BCUT2D eigenvalue weighted by Crippen LogP contribution is 2.18. The van der Waals surface area contributed by atoms with Gasteiger partial charge in [0.2, 0.25) is 0 Å². The summed E-state index contributed by atoms with van der Waals surface area (Å²) in [5.41, 5.74) is 3.12. The van der Waals surface area contributed by atoms with Crippen molar-refractivity contribution in [1.29, 1.82) is 0 Å². The molecule has 2 aromatic rings. The number of nitrogens with one attached hydrogen (secondary N) is 1. The first kappa shape index (κ1) is 15.9. The number of carbonyl (C=O) groups is 1. The Hall–Kier alpha value is -2.49. The van der Waals surface area contributed by atoms with Crippen LogP contribution in [0, 0.1) is 13.8 Å². The van der Waals surface area contributed by atoms with Crippen LogP contribution in [0.15, 0.2) is 48.5 Å². The van der Waals surface area contributed by atoms with E-state index in [0.717, 1.165) is 17.0 Å². The van der Waals surface area contributed by atoms with E-state index in [1.807, 2.05) is 63.2 Å². The van der Waals surface area contributed by atoms with E-state index in [1.165, 1.54) is 5.56 Å². The smallest absolute Gasteiger partial charge is 0.324 e. The third kappa shape index (κ3) is 4.01. The average molecular weight is 298 g/mol. The third-order valence-corrected chi connectivity index (χ3v) is 3.41. The molecular formula is C18H22N2O2. The summed E-state index contributed by atoms with van der Waals surface area (Å²) in [6.07, 6.45) is 0.